The van der Waals surface area contributed by atoms with Crippen LogP contribution in [0, 0.1) is 0 Å². The number of hydrogen-bond donors (Lipinski definition) is 1. The van der Waals surface area contributed by atoms with E-state index in [1.54, 1.807) is 4.68 Å². The molecule has 1 N–H and O–H groups in total. The molecule has 3 rings (SSSR count). The molecule has 3 aromatic rings. The smallest absolute Gasteiger partial charge is 0.0622 e. The zero-order chi connectivity index (χ0) is 13.9. The Morgan fingerprint density at radius 1 is 1.10 bits per heavy atom. The molecule has 0 fully saturated rings. The van der Waals surface area contributed by atoms with Gasteiger partial charge < -0.3 is 5.11 Å². The maximum atomic E-state index is 10.3. The Balaban J connectivity index is 1.79. The van der Waals surface area contributed by atoms with E-state index in [2.05, 4.69) is 35.4 Å². The first-order valence-electron chi connectivity index (χ1n) is 6.84. The van der Waals surface area contributed by atoms with Crippen molar-refractivity contribution in [3.63, 3.8) is 0 Å². The van der Waals surface area contributed by atoms with Crippen LogP contribution >= 0.6 is 0 Å². The minimum atomic E-state index is -0.384. The number of hydrogen-bond acceptors (Lipinski definition) is 2. The molecule has 102 valence electrons. The zero-order valence-corrected chi connectivity index (χ0v) is 11.5. The molecular weight excluding hydrogens is 248 g/mol. The standard InChI is InChI=1S/C17H18N2O/c1-19-12-13(11-18-19)9-16(20)10-15-7-4-6-14-5-2-3-8-17(14)15/h2-8,11-12,16,20H,9-10H2,1H3. The Hall–Kier alpha value is -2.13. The van der Waals surface area contributed by atoms with E-state index in [9.17, 15) is 5.11 Å². The van der Waals surface area contributed by atoms with Gasteiger partial charge in [-0.05, 0) is 28.3 Å². The first-order valence-corrected chi connectivity index (χ1v) is 6.84. The van der Waals surface area contributed by atoms with Crippen molar-refractivity contribution in [1.29, 1.82) is 0 Å². The minimum Gasteiger partial charge on any atom is -0.392 e. The van der Waals surface area contributed by atoms with E-state index in [-0.39, 0.29) is 6.10 Å². The Labute approximate surface area is 118 Å². The lowest BCUT2D eigenvalue weighted by molar-refractivity contribution is 0.176. The summed E-state index contributed by atoms with van der Waals surface area (Å²) in [6.45, 7) is 0. The fraction of sp³-hybridized carbons (Fsp3) is 0.235. The van der Waals surface area contributed by atoms with E-state index in [1.165, 1.54) is 16.3 Å². The molecule has 0 radical (unpaired) electrons. The average molecular weight is 266 g/mol. The van der Waals surface area contributed by atoms with Gasteiger partial charge in [0.25, 0.3) is 0 Å². The molecule has 3 nitrogen and oxygen atoms in total. The summed E-state index contributed by atoms with van der Waals surface area (Å²) < 4.78 is 1.76. The highest BCUT2D eigenvalue weighted by Crippen LogP contribution is 2.20. The van der Waals surface area contributed by atoms with Gasteiger partial charge in [-0.25, -0.2) is 0 Å². The number of nitrogens with zero attached hydrogens (tertiary/aromatic N) is 2. The van der Waals surface area contributed by atoms with Gasteiger partial charge >= 0.3 is 0 Å². The highest BCUT2D eigenvalue weighted by atomic mass is 16.3. The van der Waals surface area contributed by atoms with Crippen LogP contribution in [-0.4, -0.2) is 21.0 Å². The van der Waals surface area contributed by atoms with Crippen molar-refractivity contribution in [3.8, 4) is 0 Å². The Morgan fingerprint density at radius 2 is 1.90 bits per heavy atom. The van der Waals surface area contributed by atoms with E-state index < -0.39 is 0 Å². The van der Waals surface area contributed by atoms with Crippen LogP contribution < -0.4 is 0 Å². The highest BCUT2D eigenvalue weighted by Gasteiger charge is 2.10. The van der Waals surface area contributed by atoms with Gasteiger partial charge in [-0.3, -0.25) is 4.68 Å². The SMILES string of the molecule is Cn1cc(CC(O)Cc2cccc3ccccc23)cn1. The Morgan fingerprint density at radius 3 is 2.70 bits per heavy atom. The molecule has 0 aliphatic rings. The Kier molecular flexibility index (Phi) is 3.52. The predicted octanol–water partition coefficient (Wildman–Crippen LogP) is 2.72. The molecule has 1 unspecified atom stereocenters. The average Bonchev–Trinajstić information content (AvgIpc) is 2.84. The van der Waals surface area contributed by atoms with Crippen LogP contribution in [0.4, 0.5) is 0 Å². The molecule has 1 aromatic heterocycles. The largest absolute Gasteiger partial charge is 0.392 e. The summed E-state index contributed by atoms with van der Waals surface area (Å²) >= 11 is 0. The van der Waals surface area contributed by atoms with Crippen molar-refractivity contribution in [3.05, 3.63) is 66.0 Å². The van der Waals surface area contributed by atoms with E-state index in [0.717, 1.165) is 5.56 Å². The first-order chi connectivity index (χ1) is 9.72. The number of aryl methyl sites for hydroxylation is 1. The van der Waals surface area contributed by atoms with Crippen molar-refractivity contribution in [2.24, 2.45) is 7.05 Å². The molecule has 0 amide bonds. The third-order valence-corrected chi connectivity index (χ3v) is 3.57. The van der Waals surface area contributed by atoms with Crippen molar-refractivity contribution in [1.82, 2.24) is 9.78 Å². The van der Waals surface area contributed by atoms with Crippen LogP contribution in [0.5, 0.6) is 0 Å². The number of aromatic nitrogens is 2. The molecule has 0 aliphatic heterocycles. The summed E-state index contributed by atoms with van der Waals surface area (Å²) in [5.74, 6) is 0. The van der Waals surface area contributed by atoms with Gasteiger partial charge in [-0.2, -0.15) is 5.10 Å². The molecule has 1 heterocycles. The highest BCUT2D eigenvalue weighted by molar-refractivity contribution is 5.85. The predicted molar refractivity (Wildman–Crippen MR) is 80.6 cm³/mol. The topological polar surface area (TPSA) is 38.0 Å². The molecule has 1 atom stereocenters. The van der Waals surface area contributed by atoms with E-state index >= 15 is 0 Å². The lowest BCUT2D eigenvalue weighted by Gasteiger charge is -2.11. The number of fused-ring (bicyclic) bond motifs is 1. The lowest BCUT2D eigenvalue weighted by atomic mass is 9.98. The summed E-state index contributed by atoms with van der Waals surface area (Å²) in [5, 5.41) is 16.9. The molecule has 20 heavy (non-hydrogen) atoms. The van der Waals surface area contributed by atoms with Gasteiger partial charge in [0, 0.05) is 19.7 Å². The van der Waals surface area contributed by atoms with Crippen molar-refractivity contribution >= 4 is 10.8 Å². The molecule has 3 heteroatoms. The summed E-state index contributed by atoms with van der Waals surface area (Å²) in [4.78, 5) is 0. The van der Waals surface area contributed by atoms with Gasteiger partial charge in [0.1, 0.15) is 0 Å². The van der Waals surface area contributed by atoms with Crippen molar-refractivity contribution < 1.29 is 5.11 Å². The van der Waals surface area contributed by atoms with Crippen LogP contribution in [0.3, 0.4) is 0 Å². The minimum absolute atomic E-state index is 0.384. The van der Waals surface area contributed by atoms with Gasteiger partial charge in [0.05, 0.1) is 12.3 Å². The van der Waals surface area contributed by atoms with Crippen LogP contribution in [-0.2, 0) is 19.9 Å². The van der Waals surface area contributed by atoms with Gasteiger partial charge in [0.15, 0.2) is 0 Å². The zero-order valence-electron chi connectivity index (χ0n) is 11.5. The summed E-state index contributed by atoms with van der Waals surface area (Å²) in [6, 6.07) is 14.5. The summed E-state index contributed by atoms with van der Waals surface area (Å²) in [7, 11) is 1.89. The van der Waals surface area contributed by atoms with Gasteiger partial charge in [-0.1, -0.05) is 42.5 Å². The fourth-order valence-corrected chi connectivity index (χ4v) is 2.65. The van der Waals surface area contributed by atoms with Crippen LogP contribution in [0.2, 0.25) is 0 Å². The van der Waals surface area contributed by atoms with Crippen LogP contribution in [0.15, 0.2) is 54.9 Å². The maximum Gasteiger partial charge on any atom is 0.0622 e. The second kappa shape index (κ2) is 5.47. The Bertz CT molecular complexity index is 712. The quantitative estimate of drug-likeness (QED) is 0.788. The monoisotopic (exact) mass is 266 g/mol. The number of aliphatic hydroxyl groups is 1. The molecule has 0 bridgehead atoms. The summed E-state index contributed by atoms with van der Waals surface area (Å²) in [6.07, 6.45) is 4.68. The van der Waals surface area contributed by atoms with E-state index in [0.29, 0.717) is 12.8 Å². The molecular formula is C17H18N2O. The second-order valence-corrected chi connectivity index (χ2v) is 5.22. The maximum absolute atomic E-state index is 10.3. The number of benzene rings is 2. The number of rotatable bonds is 4. The molecule has 0 saturated carbocycles. The molecule has 2 aromatic carbocycles. The fourth-order valence-electron chi connectivity index (χ4n) is 2.65. The van der Waals surface area contributed by atoms with E-state index in [4.69, 9.17) is 0 Å². The van der Waals surface area contributed by atoms with E-state index in [1.807, 2.05) is 31.6 Å². The third-order valence-electron chi connectivity index (χ3n) is 3.57. The van der Waals surface area contributed by atoms with Crippen LogP contribution in [0.25, 0.3) is 10.8 Å². The normalized spacial score (nSPS) is 12.7. The van der Waals surface area contributed by atoms with Crippen molar-refractivity contribution in [2.75, 3.05) is 0 Å². The number of aliphatic hydroxyl groups excluding tert-OH is 1. The second-order valence-electron chi connectivity index (χ2n) is 5.22. The third kappa shape index (κ3) is 2.73. The first kappa shape index (κ1) is 12.9. The molecule has 0 spiro atoms. The van der Waals surface area contributed by atoms with Gasteiger partial charge in [-0.15, -0.1) is 0 Å². The van der Waals surface area contributed by atoms with Gasteiger partial charge in [0.2, 0.25) is 0 Å². The molecule has 0 aliphatic carbocycles. The molecule has 0 saturated heterocycles. The summed E-state index contributed by atoms with van der Waals surface area (Å²) in [5.41, 5.74) is 2.26. The lowest BCUT2D eigenvalue weighted by Crippen LogP contribution is -2.13. The van der Waals surface area contributed by atoms with Crippen LogP contribution in [0.1, 0.15) is 11.1 Å². The van der Waals surface area contributed by atoms with Crippen molar-refractivity contribution in [2.45, 2.75) is 18.9 Å².